The molecular formula is C15H18FN3O2. The van der Waals surface area contributed by atoms with Crippen molar-refractivity contribution in [2.45, 2.75) is 19.8 Å². The minimum atomic E-state index is -0.419. The molecule has 0 aliphatic heterocycles. The quantitative estimate of drug-likeness (QED) is 0.920. The van der Waals surface area contributed by atoms with Gasteiger partial charge in [-0.25, -0.2) is 4.39 Å². The van der Waals surface area contributed by atoms with Crippen molar-refractivity contribution in [1.82, 2.24) is 9.78 Å². The topological polar surface area (TPSA) is 56.1 Å². The molecule has 5 nitrogen and oxygen atoms in total. The summed E-state index contributed by atoms with van der Waals surface area (Å²) in [5.74, 6) is 0.305. The molecule has 0 bridgehead atoms. The molecule has 21 heavy (non-hydrogen) atoms. The normalized spacial score (nSPS) is 10.5. The SMILES string of the molecule is COc1ccc(CCC(=O)Nc2cc(C)nn2C)cc1F. The van der Waals surface area contributed by atoms with Crippen LogP contribution in [0, 0.1) is 12.7 Å². The van der Waals surface area contributed by atoms with E-state index in [1.807, 2.05) is 6.92 Å². The van der Waals surface area contributed by atoms with E-state index < -0.39 is 5.82 Å². The molecule has 0 aliphatic carbocycles. The van der Waals surface area contributed by atoms with E-state index >= 15 is 0 Å². The molecule has 0 unspecified atom stereocenters. The molecule has 1 aromatic carbocycles. The first kappa shape index (κ1) is 15.0. The lowest BCUT2D eigenvalue weighted by atomic mass is 10.1. The zero-order chi connectivity index (χ0) is 15.4. The molecule has 1 heterocycles. The molecule has 0 saturated heterocycles. The minimum Gasteiger partial charge on any atom is -0.494 e. The standard InChI is InChI=1S/C15H18FN3O2/c1-10-8-14(19(2)18-10)17-15(20)7-5-11-4-6-13(21-3)12(16)9-11/h4,6,8-9H,5,7H2,1-3H3,(H,17,20). The summed E-state index contributed by atoms with van der Waals surface area (Å²) >= 11 is 0. The Labute approximate surface area is 122 Å². The van der Waals surface area contributed by atoms with Gasteiger partial charge in [-0.15, -0.1) is 0 Å². The van der Waals surface area contributed by atoms with Gasteiger partial charge in [-0.05, 0) is 31.0 Å². The van der Waals surface area contributed by atoms with Gasteiger partial charge in [0.1, 0.15) is 5.82 Å². The highest BCUT2D eigenvalue weighted by atomic mass is 19.1. The van der Waals surface area contributed by atoms with Crippen molar-refractivity contribution in [2.75, 3.05) is 12.4 Å². The average Bonchev–Trinajstić information content (AvgIpc) is 2.74. The van der Waals surface area contributed by atoms with E-state index in [1.54, 1.807) is 29.9 Å². The fraction of sp³-hybridized carbons (Fsp3) is 0.333. The van der Waals surface area contributed by atoms with Crippen LogP contribution in [-0.4, -0.2) is 22.8 Å². The maximum absolute atomic E-state index is 13.5. The number of nitrogens with one attached hydrogen (secondary N) is 1. The highest BCUT2D eigenvalue weighted by molar-refractivity contribution is 5.90. The van der Waals surface area contributed by atoms with Crippen LogP contribution in [0.2, 0.25) is 0 Å². The Bertz CT molecular complexity index is 652. The zero-order valence-corrected chi connectivity index (χ0v) is 12.3. The number of aromatic nitrogens is 2. The molecular weight excluding hydrogens is 273 g/mol. The first-order valence-electron chi connectivity index (χ1n) is 6.62. The van der Waals surface area contributed by atoms with Crippen molar-refractivity contribution >= 4 is 11.7 Å². The van der Waals surface area contributed by atoms with E-state index in [2.05, 4.69) is 10.4 Å². The van der Waals surface area contributed by atoms with Crippen molar-refractivity contribution < 1.29 is 13.9 Å². The summed E-state index contributed by atoms with van der Waals surface area (Å²) in [5.41, 5.74) is 1.59. The smallest absolute Gasteiger partial charge is 0.225 e. The van der Waals surface area contributed by atoms with Gasteiger partial charge in [0, 0.05) is 19.5 Å². The Morgan fingerprint density at radius 3 is 2.76 bits per heavy atom. The lowest BCUT2D eigenvalue weighted by Gasteiger charge is -2.06. The summed E-state index contributed by atoms with van der Waals surface area (Å²) in [6.45, 7) is 1.86. The number of hydrogen-bond donors (Lipinski definition) is 1. The molecule has 0 radical (unpaired) electrons. The average molecular weight is 291 g/mol. The van der Waals surface area contributed by atoms with Gasteiger partial charge in [-0.1, -0.05) is 6.07 Å². The van der Waals surface area contributed by atoms with Crippen LogP contribution in [0.5, 0.6) is 5.75 Å². The summed E-state index contributed by atoms with van der Waals surface area (Å²) in [5, 5.41) is 6.93. The van der Waals surface area contributed by atoms with E-state index in [9.17, 15) is 9.18 Å². The largest absolute Gasteiger partial charge is 0.494 e. The molecule has 0 fully saturated rings. The fourth-order valence-electron chi connectivity index (χ4n) is 2.06. The van der Waals surface area contributed by atoms with Gasteiger partial charge in [0.15, 0.2) is 11.6 Å². The summed E-state index contributed by atoms with van der Waals surface area (Å²) in [6.07, 6.45) is 0.736. The van der Waals surface area contributed by atoms with E-state index in [-0.39, 0.29) is 18.1 Å². The van der Waals surface area contributed by atoms with Crippen LogP contribution in [0.1, 0.15) is 17.7 Å². The number of anilines is 1. The number of methoxy groups -OCH3 is 1. The molecule has 0 spiro atoms. The molecule has 1 N–H and O–H groups in total. The molecule has 112 valence electrons. The first-order valence-corrected chi connectivity index (χ1v) is 6.62. The number of carbonyl (C=O) groups is 1. The summed E-state index contributed by atoms with van der Waals surface area (Å²) < 4.78 is 20.0. The van der Waals surface area contributed by atoms with Crippen LogP contribution < -0.4 is 10.1 Å². The van der Waals surface area contributed by atoms with E-state index in [4.69, 9.17) is 4.74 Å². The van der Waals surface area contributed by atoms with Crippen molar-refractivity contribution in [1.29, 1.82) is 0 Å². The van der Waals surface area contributed by atoms with Gasteiger partial charge >= 0.3 is 0 Å². The fourth-order valence-corrected chi connectivity index (χ4v) is 2.06. The summed E-state index contributed by atoms with van der Waals surface area (Å²) in [7, 11) is 3.18. The van der Waals surface area contributed by atoms with Crippen molar-refractivity contribution in [2.24, 2.45) is 7.05 Å². The van der Waals surface area contributed by atoms with Crippen molar-refractivity contribution in [3.05, 3.63) is 41.3 Å². The second kappa shape index (κ2) is 6.39. The molecule has 2 rings (SSSR count). The second-order valence-electron chi connectivity index (χ2n) is 4.81. The molecule has 0 atom stereocenters. The van der Waals surface area contributed by atoms with Gasteiger partial charge < -0.3 is 10.1 Å². The highest BCUT2D eigenvalue weighted by Gasteiger charge is 2.09. The van der Waals surface area contributed by atoms with Crippen LogP contribution >= 0.6 is 0 Å². The van der Waals surface area contributed by atoms with E-state index in [1.165, 1.54) is 13.2 Å². The van der Waals surface area contributed by atoms with Crippen molar-refractivity contribution in [3.8, 4) is 5.75 Å². The van der Waals surface area contributed by atoms with Crippen LogP contribution in [0.15, 0.2) is 24.3 Å². The third-order valence-electron chi connectivity index (χ3n) is 3.13. The number of amides is 1. The predicted molar refractivity (Wildman–Crippen MR) is 77.8 cm³/mol. The van der Waals surface area contributed by atoms with Crippen LogP contribution in [0.25, 0.3) is 0 Å². The molecule has 0 aliphatic rings. The number of benzene rings is 1. The predicted octanol–water partition coefficient (Wildman–Crippen LogP) is 2.45. The molecule has 0 saturated carbocycles. The summed E-state index contributed by atoms with van der Waals surface area (Å²) in [6, 6.07) is 6.50. The number of halogens is 1. The maximum Gasteiger partial charge on any atom is 0.225 e. The lowest BCUT2D eigenvalue weighted by molar-refractivity contribution is -0.116. The second-order valence-corrected chi connectivity index (χ2v) is 4.81. The number of nitrogens with zero attached hydrogens (tertiary/aromatic N) is 2. The third kappa shape index (κ3) is 3.81. The van der Waals surface area contributed by atoms with Gasteiger partial charge in [0.05, 0.1) is 12.8 Å². The van der Waals surface area contributed by atoms with E-state index in [0.717, 1.165) is 11.3 Å². The number of rotatable bonds is 5. The van der Waals surface area contributed by atoms with Crippen LogP contribution in [-0.2, 0) is 18.3 Å². The Morgan fingerprint density at radius 1 is 1.43 bits per heavy atom. The molecule has 1 aromatic heterocycles. The van der Waals surface area contributed by atoms with E-state index in [0.29, 0.717) is 12.2 Å². The van der Waals surface area contributed by atoms with Gasteiger partial charge in [-0.2, -0.15) is 5.10 Å². The zero-order valence-electron chi connectivity index (χ0n) is 12.3. The number of aryl methyl sites for hydroxylation is 3. The van der Waals surface area contributed by atoms with Gasteiger partial charge in [0.25, 0.3) is 0 Å². The van der Waals surface area contributed by atoms with Gasteiger partial charge in [0.2, 0.25) is 5.91 Å². The molecule has 6 heteroatoms. The molecule has 1 amide bonds. The Hall–Kier alpha value is -2.37. The monoisotopic (exact) mass is 291 g/mol. The highest BCUT2D eigenvalue weighted by Crippen LogP contribution is 2.18. The van der Waals surface area contributed by atoms with Crippen LogP contribution in [0.3, 0.4) is 0 Å². The first-order chi connectivity index (χ1) is 9.99. The number of ether oxygens (including phenoxy) is 1. The number of hydrogen-bond acceptors (Lipinski definition) is 3. The number of carbonyl (C=O) groups excluding carboxylic acids is 1. The maximum atomic E-state index is 13.5. The Balaban J connectivity index is 1.92. The third-order valence-corrected chi connectivity index (χ3v) is 3.13. The Kier molecular flexibility index (Phi) is 4.57. The minimum absolute atomic E-state index is 0.130. The van der Waals surface area contributed by atoms with Crippen LogP contribution in [0.4, 0.5) is 10.2 Å². The molecule has 2 aromatic rings. The Morgan fingerprint density at radius 2 is 2.19 bits per heavy atom. The van der Waals surface area contributed by atoms with Crippen molar-refractivity contribution in [3.63, 3.8) is 0 Å². The lowest BCUT2D eigenvalue weighted by Crippen LogP contribution is -2.14. The summed E-state index contributed by atoms with van der Waals surface area (Å²) in [4.78, 5) is 11.9. The van der Waals surface area contributed by atoms with Gasteiger partial charge in [-0.3, -0.25) is 9.48 Å².